The Labute approximate surface area is 114 Å². The quantitative estimate of drug-likeness (QED) is 0.761. The van der Waals surface area contributed by atoms with Gasteiger partial charge < -0.3 is 15.7 Å². The van der Waals surface area contributed by atoms with Crippen LogP contribution in [0.1, 0.15) is 39.5 Å². The second kappa shape index (κ2) is 6.19. The van der Waals surface area contributed by atoms with E-state index in [1.54, 1.807) is 6.20 Å². The highest BCUT2D eigenvalue weighted by molar-refractivity contribution is 5.39. The molecular formula is C14H24N4O. The van der Waals surface area contributed by atoms with E-state index in [4.69, 9.17) is 0 Å². The predicted molar refractivity (Wildman–Crippen MR) is 77.3 cm³/mol. The third kappa shape index (κ3) is 4.06. The van der Waals surface area contributed by atoms with Gasteiger partial charge >= 0.3 is 0 Å². The van der Waals surface area contributed by atoms with Gasteiger partial charge in [0.2, 0.25) is 5.95 Å². The van der Waals surface area contributed by atoms with Crippen molar-refractivity contribution in [2.75, 3.05) is 23.7 Å². The first-order valence-corrected chi connectivity index (χ1v) is 7.14. The summed E-state index contributed by atoms with van der Waals surface area (Å²) >= 11 is 0. The van der Waals surface area contributed by atoms with Crippen LogP contribution in [0.5, 0.6) is 0 Å². The largest absolute Gasteiger partial charge is 0.388 e. The lowest BCUT2D eigenvalue weighted by molar-refractivity contribution is 0.00494. The van der Waals surface area contributed by atoms with Crippen LogP contribution < -0.4 is 10.6 Å². The summed E-state index contributed by atoms with van der Waals surface area (Å²) < 4.78 is 0. The maximum Gasteiger partial charge on any atom is 0.224 e. The maximum atomic E-state index is 10.5. The van der Waals surface area contributed by atoms with Gasteiger partial charge in [-0.05, 0) is 44.6 Å². The predicted octanol–water partition coefficient (Wildman–Crippen LogP) is 2.26. The second-order valence-corrected chi connectivity index (χ2v) is 5.56. The summed E-state index contributed by atoms with van der Waals surface area (Å²) in [6.45, 7) is 5.61. The van der Waals surface area contributed by atoms with Gasteiger partial charge in [-0.3, -0.25) is 0 Å². The zero-order chi connectivity index (χ0) is 13.7. The van der Waals surface area contributed by atoms with Crippen molar-refractivity contribution in [2.45, 2.75) is 45.1 Å². The summed E-state index contributed by atoms with van der Waals surface area (Å²) in [6, 6.07) is 1.83. The number of aliphatic hydroxyl groups is 1. The normalized spacial score (nSPS) is 27.0. The Balaban J connectivity index is 1.89. The Hall–Kier alpha value is -1.36. The summed E-state index contributed by atoms with van der Waals surface area (Å²) in [5, 5.41) is 16.8. The van der Waals surface area contributed by atoms with Crippen molar-refractivity contribution >= 4 is 11.8 Å². The molecule has 0 bridgehead atoms. The summed E-state index contributed by atoms with van der Waals surface area (Å²) in [6.07, 6.45) is 5.66. The lowest BCUT2D eigenvalue weighted by Crippen LogP contribution is -2.40. The van der Waals surface area contributed by atoms with Crippen molar-refractivity contribution in [1.82, 2.24) is 9.97 Å². The molecule has 0 aromatic carbocycles. The van der Waals surface area contributed by atoms with Crippen molar-refractivity contribution in [3.63, 3.8) is 0 Å². The van der Waals surface area contributed by atoms with Crippen LogP contribution >= 0.6 is 0 Å². The molecule has 0 atom stereocenters. The highest BCUT2D eigenvalue weighted by atomic mass is 16.3. The Kier molecular flexibility index (Phi) is 4.58. The fourth-order valence-electron chi connectivity index (χ4n) is 2.43. The molecule has 1 aromatic rings. The first-order chi connectivity index (χ1) is 9.11. The molecule has 0 unspecified atom stereocenters. The first-order valence-electron chi connectivity index (χ1n) is 7.14. The topological polar surface area (TPSA) is 70.1 Å². The summed E-state index contributed by atoms with van der Waals surface area (Å²) in [5.74, 6) is 2.12. The molecule has 5 nitrogen and oxygen atoms in total. The van der Waals surface area contributed by atoms with Crippen molar-refractivity contribution in [2.24, 2.45) is 5.92 Å². The molecule has 19 heavy (non-hydrogen) atoms. The van der Waals surface area contributed by atoms with E-state index in [1.807, 2.05) is 13.0 Å². The minimum absolute atomic E-state index is 0.558. The Morgan fingerprint density at radius 3 is 2.79 bits per heavy atom. The minimum Gasteiger partial charge on any atom is -0.388 e. The van der Waals surface area contributed by atoms with E-state index >= 15 is 0 Å². The van der Waals surface area contributed by atoms with E-state index in [9.17, 15) is 5.11 Å². The van der Waals surface area contributed by atoms with Crippen LogP contribution in [0.2, 0.25) is 0 Å². The molecule has 3 N–H and O–H groups in total. The molecule has 106 valence electrons. The van der Waals surface area contributed by atoms with Crippen LogP contribution in [0.15, 0.2) is 12.3 Å². The number of hydrogen-bond donors (Lipinski definition) is 3. The minimum atomic E-state index is -0.587. The number of nitrogens with one attached hydrogen (secondary N) is 2. The van der Waals surface area contributed by atoms with Crippen LogP contribution in [0.4, 0.5) is 11.8 Å². The van der Waals surface area contributed by atoms with Crippen LogP contribution in [0, 0.1) is 5.92 Å². The fraction of sp³-hybridized carbons (Fsp3) is 0.714. The number of rotatable bonds is 5. The van der Waals surface area contributed by atoms with Crippen molar-refractivity contribution in [3.8, 4) is 0 Å². The van der Waals surface area contributed by atoms with Gasteiger partial charge in [-0.25, -0.2) is 4.98 Å². The lowest BCUT2D eigenvalue weighted by Gasteiger charge is -2.35. The smallest absolute Gasteiger partial charge is 0.224 e. The maximum absolute atomic E-state index is 10.5. The van der Waals surface area contributed by atoms with Crippen molar-refractivity contribution < 1.29 is 5.11 Å². The number of nitrogens with zero attached hydrogens (tertiary/aromatic N) is 2. The number of aromatic nitrogens is 2. The average molecular weight is 264 g/mol. The molecule has 1 aromatic heterocycles. The molecule has 1 heterocycles. The molecule has 0 spiro atoms. The molecule has 1 fully saturated rings. The van der Waals surface area contributed by atoms with Gasteiger partial charge in [0.05, 0.1) is 5.60 Å². The van der Waals surface area contributed by atoms with Crippen molar-refractivity contribution in [1.29, 1.82) is 0 Å². The molecule has 0 saturated heterocycles. The van der Waals surface area contributed by atoms with Gasteiger partial charge in [0, 0.05) is 19.3 Å². The summed E-state index contributed by atoms with van der Waals surface area (Å²) in [5.41, 5.74) is -0.587. The number of hydrogen-bond acceptors (Lipinski definition) is 5. The second-order valence-electron chi connectivity index (χ2n) is 5.56. The lowest BCUT2D eigenvalue weighted by atomic mass is 9.79. The molecule has 0 amide bonds. The van der Waals surface area contributed by atoms with Crippen LogP contribution in [-0.4, -0.2) is 33.8 Å². The van der Waals surface area contributed by atoms with Crippen LogP contribution in [0.25, 0.3) is 0 Å². The van der Waals surface area contributed by atoms with Crippen LogP contribution in [-0.2, 0) is 0 Å². The molecule has 1 aliphatic carbocycles. The van der Waals surface area contributed by atoms with E-state index in [2.05, 4.69) is 27.5 Å². The van der Waals surface area contributed by atoms with Gasteiger partial charge in [0.25, 0.3) is 0 Å². The standard InChI is InChI=1S/C14H24N4O/c1-3-15-13-16-9-6-12(18-13)17-10-14(19)7-4-11(2)5-8-14/h6,9,11,19H,3-5,7-8,10H2,1-2H3,(H2,15,16,17,18). The van der Waals surface area contributed by atoms with Gasteiger partial charge in [-0.2, -0.15) is 4.98 Å². The van der Waals surface area contributed by atoms with Gasteiger partial charge in [0.15, 0.2) is 0 Å². The molecule has 1 aliphatic rings. The SMILES string of the molecule is CCNc1nccc(NCC2(O)CCC(C)CC2)n1. The summed E-state index contributed by atoms with van der Waals surface area (Å²) in [7, 11) is 0. The van der Waals surface area contributed by atoms with Gasteiger partial charge in [-0.15, -0.1) is 0 Å². The van der Waals surface area contributed by atoms with Crippen molar-refractivity contribution in [3.05, 3.63) is 12.3 Å². The molecule has 0 radical (unpaired) electrons. The average Bonchev–Trinajstić information content (AvgIpc) is 2.41. The fourth-order valence-corrected chi connectivity index (χ4v) is 2.43. The third-order valence-corrected chi connectivity index (χ3v) is 3.79. The van der Waals surface area contributed by atoms with E-state index in [-0.39, 0.29) is 0 Å². The molecular weight excluding hydrogens is 240 g/mol. The molecule has 1 saturated carbocycles. The van der Waals surface area contributed by atoms with Crippen LogP contribution in [0.3, 0.4) is 0 Å². The Bertz CT molecular complexity index is 402. The van der Waals surface area contributed by atoms with E-state index in [1.165, 1.54) is 0 Å². The third-order valence-electron chi connectivity index (χ3n) is 3.79. The summed E-state index contributed by atoms with van der Waals surface area (Å²) in [4.78, 5) is 8.47. The van der Waals surface area contributed by atoms with E-state index in [0.29, 0.717) is 12.5 Å². The number of anilines is 2. The first kappa shape index (κ1) is 14.1. The Morgan fingerprint density at radius 1 is 1.37 bits per heavy atom. The highest BCUT2D eigenvalue weighted by Crippen LogP contribution is 2.31. The highest BCUT2D eigenvalue weighted by Gasteiger charge is 2.31. The zero-order valence-electron chi connectivity index (χ0n) is 11.8. The Morgan fingerprint density at radius 2 is 2.11 bits per heavy atom. The van der Waals surface area contributed by atoms with Gasteiger partial charge in [0.1, 0.15) is 5.82 Å². The molecule has 0 aliphatic heterocycles. The van der Waals surface area contributed by atoms with E-state index < -0.39 is 5.60 Å². The molecule has 2 rings (SSSR count). The molecule has 5 heteroatoms. The van der Waals surface area contributed by atoms with E-state index in [0.717, 1.165) is 44.0 Å². The zero-order valence-corrected chi connectivity index (χ0v) is 11.8. The monoisotopic (exact) mass is 264 g/mol. The van der Waals surface area contributed by atoms with Gasteiger partial charge in [-0.1, -0.05) is 6.92 Å².